The maximum absolute atomic E-state index is 12.3. The first kappa shape index (κ1) is 23.7. The quantitative estimate of drug-likeness (QED) is 0.491. The molecule has 0 saturated carbocycles. The van der Waals surface area contributed by atoms with Crippen molar-refractivity contribution in [3.05, 3.63) is 35.9 Å². The minimum atomic E-state index is -4.41. The van der Waals surface area contributed by atoms with E-state index in [0.29, 0.717) is 23.4 Å². The highest BCUT2D eigenvalue weighted by Crippen LogP contribution is 2.15. The molecular weight excluding hydrogens is 371 g/mol. The van der Waals surface area contributed by atoms with Gasteiger partial charge in [0.05, 0.1) is 6.54 Å². The van der Waals surface area contributed by atoms with E-state index in [2.05, 4.69) is 46.6 Å². The number of aliphatic imine (C=N–C) groups is 1. The Hall–Kier alpha value is -2.29. The van der Waals surface area contributed by atoms with E-state index in [1.165, 1.54) is 5.56 Å². The predicted molar refractivity (Wildman–Crippen MR) is 105 cm³/mol. The number of guanidine groups is 1. The summed E-state index contributed by atoms with van der Waals surface area (Å²) >= 11 is 0. The Morgan fingerprint density at radius 2 is 1.82 bits per heavy atom. The van der Waals surface area contributed by atoms with Gasteiger partial charge in [-0.25, -0.2) is 0 Å². The normalized spacial score (nSPS) is 13.4. The van der Waals surface area contributed by atoms with Crippen LogP contribution in [-0.2, 0) is 11.3 Å². The predicted octanol–water partition coefficient (Wildman–Crippen LogP) is 2.08. The summed E-state index contributed by atoms with van der Waals surface area (Å²) in [6.45, 7) is 2.05. The number of rotatable bonds is 9. The van der Waals surface area contributed by atoms with Crippen molar-refractivity contribution in [3.63, 3.8) is 0 Å². The minimum Gasteiger partial charge on any atom is -0.356 e. The molecule has 1 aromatic carbocycles. The summed E-state index contributed by atoms with van der Waals surface area (Å²) in [6, 6.07) is 10.5. The maximum Gasteiger partial charge on any atom is 0.406 e. The third kappa shape index (κ3) is 9.59. The van der Waals surface area contributed by atoms with Gasteiger partial charge < -0.3 is 15.5 Å². The van der Waals surface area contributed by atoms with E-state index in [-0.39, 0.29) is 6.54 Å². The lowest BCUT2D eigenvalue weighted by Gasteiger charge is -2.25. The Morgan fingerprint density at radius 3 is 2.39 bits per heavy atom. The third-order valence-electron chi connectivity index (χ3n) is 4.35. The van der Waals surface area contributed by atoms with E-state index < -0.39 is 18.6 Å². The zero-order valence-corrected chi connectivity index (χ0v) is 16.9. The van der Waals surface area contributed by atoms with Gasteiger partial charge in [0.25, 0.3) is 0 Å². The highest BCUT2D eigenvalue weighted by Gasteiger charge is 2.31. The molecule has 1 unspecified atom stereocenters. The van der Waals surface area contributed by atoms with Crippen LogP contribution in [0.15, 0.2) is 35.3 Å². The van der Waals surface area contributed by atoms with Crippen molar-refractivity contribution in [2.75, 3.05) is 40.8 Å². The van der Waals surface area contributed by atoms with Crippen LogP contribution in [0, 0.1) is 0 Å². The molecule has 9 heteroatoms. The summed E-state index contributed by atoms with van der Waals surface area (Å²) in [5.74, 6) is -0.275. The molecule has 0 aliphatic rings. The van der Waals surface area contributed by atoms with Gasteiger partial charge in [-0.15, -0.1) is 0 Å². The van der Waals surface area contributed by atoms with E-state index in [1.54, 1.807) is 7.05 Å². The van der Waals surface area contributed by atoms with Gasteiger partial charge in [0.15, 0.2) is 5.96 Å². The van der Waals surface area contributed by atoms with Crippen molar-refractivity contribution in [2.45, 2.75) is 32.1 Å². The van der Waals surface area contributed by atoms with Crippen LogP contribution in [-0.4, -0.2) is 74.7 Å². The Bertz CT molecular complexity index is 622. The lowest BCUT2D eigenvalue weighted by molar-refractivity contribution is -0.157. The molecule has 28 heavy (non-hydrogen) atoms. The van der Waals surface area contributed by atoms with Gasteiger partial charge in [-0.3, -0.25) is 14.7 Å². The molecule has 1 rings (SSSR count). The molecule has 0 saturated heterocycles. The molecule has 0 aromatic heterocycles. The topological polar surface area (TPSA) is 60.0 Å². The number of carbonyl (C=O) groups excluding carboxylic acids is 1. The molecule has 0 fully saturated rings. The van der Waals surface area contributed by atoms with Gasteiger partial charge in [-0.05, 0) is 26.0 Å². The van der Waals surface area contributed by atoms with Gasteiger partial charge in [0.1, 0.15) is 6.54 Å². The van der Waals surface area contributed by atoms with Crippen LogP contribution in [0.4, 0.5) is 13.2 Å². The van der Waals surface area contributed by atoms with Crippen molar-refractivity contribution in [1.29, 1.82) is 0 Å². The number of nitrogens with one attached hydrogen (secondary N) is 2. The molecule has 1 atom stereocenters. The number of hydrogen-bond donors (Lipinski definition) is 2. The SMILES string of the molecule is CN=C(NCCC(C)N(C)Cc1ccccc1)NCC(=O)N(C)CC(F)(F)F. The average molecular weight is 401 g/mol. The van der Waals surface area contributed by atoms with Crippen molar-refractivity contribution < 1.29 is 18.0 Å². The summed E-state index contributed by atoms with van der Waals surface area (Å²) in [5, 5.41) is 5.83. The van der Waals surface area contributed by atoms with Gasteiger partial charge in [0, 0.05) is 33.2 Å². The first-order chi connectivity index (χ1) is 13.1. The highest BCUT2D eigenvalue weighted by atomic mass is 19.4. The van der Waals surface area contributed by atoms with Crippen LogP contribution in [0.1, 0.15) is 18.9 Å². The lowest BCUT2D eigenvalue weighted by Crippen LogP contribution is -2.46. The Morgan fingerprint density at radius 1 is 1.18 bits per heavy atom. The second-order valence-electron chi connectivity index (χ2n) is 6.76. The van der Waals surface area contributed by atoms with E-state index in [9.17, 15) is 18.0 Å². The second-order valence-corrected chi connectivity index (χ2v) is 6.76. The Kier molecular flexibility index (Phi) is 9.78. The molecule has 0 heterocycles. The largest absolute Gasteiger partial charge is 0.406 e. The van der Waals surface area contributed by atoms with E-state index >= 15 is 0 Å². The molecule has 0 spiro atoms. The number of nitrogens with zero attached hydrogens (tertiary/aromatic N) is 3. The smallest absolute Gasteiger partial charge is 0.356 e. The number of amides is 1. The number of alkyl halides is 3. The fourth-order valence-electron chi connectivity index (χ4n) is 2.52. The van der Waals surface area contributed by atoms with Gasteiger partial charge >= 0.3 is 6.18 Å². The maximum atomic E-state index is 12.3. The average Bonchev–Trinajstić information content (AvgIpc) is 2.63. The molecule has 0 aliphatic heterocycles. The van der Waals surface area contributed by atoms with Gasteiger partial charge in [-0.1, -0.05) is 30.3 Å². The molecule has 0 aliphatic carbocycles. The second kappa shape index (κ2) is 11.5. The van der Waals surface area contributed by atoms with E-state index in [1.807, 2.05) is 18.2 Å². The monoisotopic (exact) mass is 401 g/mol. The number of benzene rings is 1. The molecule has 158 valence electrons. The van der Waals surface area contributed by atoms with Gasteiger partial charge in [0.2, 0.25) is 5.91 Å². The highest BCUT2D eigenvalue weighted by molar-refractivity contribution is 5.86. The fourth-order valence-corrected chi connectivity index (χ4v) is 2.52. The molecule has 6 nitrogen and oxygen atoms in total. The molecule has 1 aromatic rings. The van der Waals surface area contributed by atoms with E-state index in [4.69, 9.17) is 0 Å². The number of likely N-dealkylation sites (N-methyl/N-ethyl adjacent to an activating group) is 1. The molecule has 2 N–H and O–H groups in total. The Labute approximate surface area is 164 Å². The van der Waals surface area contributed by atoms with Crippen molar-refractivity contribution >= 4 is 11.9 Å². The van der Waals surface area contributed by atoms with Crippen molar-refractivity contribution in [2.24, 2.45) is 4.99 Å². The first-order valence-electron chi connectivity index (χ1n) is 9.11. The Balaban J connectivity index is 2.32. The molecule has 0 radical (unpaired) electrons. The van der Waals surface area contributed by atoms with E-state index in [0.717, 1.165) is 20.0 Å². The van der Waals surface area contributed by atoms with Crippen molar-refractivity contribution in [3.8, 4) is 0 Å². The van der Waals surface area contributed by atoms with Crippen LogP contribution in [0.5, 0.6) is 0 Å². The van der Waals surface area contributed by atoms with Crippen LogP contribution in [0.3, 0.4) is 0 Å². The fraction of sp³-hybridized carbons (Fsp3) is 0.579. The third-order valence-corrected chi connectivity index (χ3v) is 4.35. The van der Waals surface area contributed by atoms with Crippen LogP contribution in [0.25, 0.3) is 0 Å². The zero-order valence-electron chi connectivity index (χ0n) is 16.9. The summed E-state index contributed by atoms with van der Waals surface area (Å²) in [4.78, 5) is 18.6. The molecule has 0 bridgehead atoms. The van der Waals surface area contributed by atoms with Crippen LogP contribution >= 0.6 is 0 Å². The number of carbonyl (C=O) groups is 1. The van der Waals surface area contributed by atoms with Crippen molar-refractivity contribution in [1.82, 2.24) is 20.4 Å². The molecular formula is C19H30F3N5O. The summed E-state index contributed by atoms with van der Waals surface area (Å²) < 4.78 is 37.0. The number of halogens is 3. The van der Waals surface area contributed by atoms with Crippen LogP contribution in [0.2, 0.25) is 0 Å². The van der Waals surface area contributed by atoms with Gasteiger partial charge in [-0.2, -0.15) is 13.2 Å². The first-order valence-corrected chi connectivity index (χ1v) is 9.11. The summed E-state index contributed by atoms with van der Waals surface area (Å²) in [7, 11) is 4.72. The number of hydrogen-bond acceptors (Lipinski definition) is 3. The summed E-state index contributed by atoms with van der Waals surface area (Å²) in [6.07, 6.45) is -3.57. The summed E-state index contributed by atoms with van der Waals surface area (Å²) in [5.41, 5.74) is 1.24. The minimum absolute atomic E-state index is 0.254. The lowest BCUT2D eigenvalue weighted by atomic mass is 10.1. The zero-order chi connectivity index (χ0) is 21.2. The van der Waals surface area contributed by atoms with Crippen LogP contribution < -0.4 is 10.6 Å². The molecule has 1 amide bonds. The standard InChI is InChI=1S/C19H30F3N5O/c1-15(26(3)13-16-8-6-5-7-9-16)10-11-24-18(23-2)25-12-17(28)27(4)14-19(20,21)22/h5-9,15H,10-14H2,1-4H3,(H2,23,24,25).